The van der Waals surface area contributed by atoms with Crippen LogP contribution in [0.1, 0.15) is 5.56 Å². The van der Waals surface area contributed by atoms with Gasteiger partial charge in [0.15, 0.2) is 10.6 Å². The van der Waals surface area contributed by atoms with Gasteiger partial charge in [-0.25, -0.2) is 0 Å². The standard InChI is InChI=1S/C20H17N3OS/c1-13-12-15(24-2)10-11-16(13)19-21-22-20(25)23(19)18-9-5-7-14-6-3-4-8-17(14)18/h3-12H,1-2H3,(H,22,25). The highest BCUT2D eigenvalue weighted by molar-refractivity contribution is 7.71. The molecule has 0 fully saturated rings. The van der Waals surface area contributed by atoms with E-state index in [9.17, 15) is 0 Å². The van der Waals surface area contributed by atoms with E-state index in [0.29, 0.717) is 4.77 Å². The van der Waals surface area contributed by atoms with Crippen LogP contribution in [0.15, 0.2) is 60.7 Å². The van der Waals surface area contributed by atoms with E-state index in [-0.39, 0.29) is 0 Å². The molecule has 124 valence electrons. The number of nitrogens with zero attached hydrogens (tertiary/aromatic N) is 2. The van der Waals surface area contributed by atoms with Crippen molar-refractivity contribution in [2.45, 2.75) is 6.92 Å². The fourth-order valence-electron chi connectivity index (χ4n) is 3.12. The molecule has 25 heavy (non-hydrogen) atoms. The zero-order valence-corrected chi connectivity index (χ0v) is 14.8. The van der Waals surface area contributed by atoms with Gasteiger partial charge in [0.2, 0.25) is 0 Å². The predicted octanol–water partition coefficient (Wildman–Crippen LogP) is 5.07. The molecule has 0 saturated carbocycles. The quantitative estimate of drug-likeness (QED) is 0.526. The minimum Gasteiger partial charge on any atom is -0.497 e. The Kier molecular flexibility index (Phi) is 3.86. The molecule has 0 bridgehead atoms. The van der Waals surface area contributed by atoms with E-state index in [1.807, 2.05) is 47.9 Å². The van der Waals surface area contributed by atoms with Crippen LogP contribution in [-0.4, -0.2) is 21.9 Å². The number of benzene rings is 3. The van der Waals surface area contributed by atoms with Crippen LogP contribution in [-0.2, 0) is 0 Å². The van der Waals surface area contributed by atoms with Crippen molar-refractivity contribution < 1.29 is 4.74 Å². The van der Waals surface area contributed by atoms with Crippen LogP contribution in [0.2, 0.25) is 0 Å². The van der Waals surface area contributed by atoms with Crippen molar-refractivity contribution in [3.05, 3.63) is 71.0 Å². The van der Waals surface area contributed by atoms with E-state index >= 15 is 0 Å². The molecule has 3 aromatic carbocycles. The Labute approximate surface area is 150 Å². The molecule has 4 aromatic rings. The van der Waals surface area contributed by atoms with Gasteiger partial charge in [-0.05, 0) is 54.4 Å². The molecule has 1 heterocycles. The second kappa shape index (κ2) is 6.18. The van der Waals surface area contributed by atoms with E-state index in [0.717, 1.165) is 33.8 Å². The maximum Gasteiger partial charge on any atom is 0.200 e. The highest BCUT2D eigenvalue weighted by Gasteiger charge is 2.15. The first-order valence-electron chi connectivity index (χ1n) is 7.99. The Morgan fingerprint density at radius 2 is 1.84 bits per heavy atom. The van der Waals surface area contributed by atoms with Gasteiger partial charge in [-0.3, -0.25) is 9.67 Å². The summed E-state index contributed by atoms with van der Waals surface area (Å²) in [5, 5.41) is 9.73. The minimum absolute atomic E-state index is 0.571. The number of methoxy groups -OCH3 is 1. The number of aromatic nitrogens is 3. The van der Waals surface area contributed by atoms with Crippen LogP contribution >= 0.6 is 12.2 Å². The molecular formula is C20H17N3OS. The summed E-state index contributed by atoms with van der Waals surface area (Å²) in [6, 6.07) is 20.4. The Morgan fingerprint density at radius 3 is 2.64 bits per heavy atom. The van der Waals surface area contributed by atoms with Gasteiger partial charge < -0.3 is 4.74 Å². The molecule has 0 spiro atoms. The molecule has 0 unspecified atom stereocenters. The second-order valence-corrected chi connectivity index (χ2v) is 6.25. The molecule has 0 radical (unpaired) electrons. The van der Waals surface area contributed by atoms with Gasteiger partial charge >= 0.3 is 0 Å². The summed E-state index contributed by atoms with van der Waals surface area (Å²) in [5.74, 6) is 1.62. The van der Waals surface area contributed by atoms with Gasteiger partial charge in [-0.2, -0.15) is 5.10 Å². The Hall–Kier alpha value is -2.92. The normalized spacial score (nSPS) is 11.0. The molecule has 0 saturated heterocycles. The van der Waals surface area contributed by atoms with Gasteiger partial charge in [-0.1, -0.05) is 36.4 Å². The molecule has 0 aliphatic carbocycles. The van der Waals surface area contributed by atoms with Gasteiger partial charge in [0.1, 0.15) is 5.75 Å². The third-order valence-electron chi connectivity index (χ3n) is 4.35. The zero-order chi connectivity index (χ0) is 17.4. The lowest BCUT2D eigenvalue weighted by molar-refractivity contribution is 0.414. The third-order valence-corrected chi connectivity index (χ3v) is 4.63. The predicted molar refractivity (Wildman–Crippen MR) is 103 cm³/mol. The van der Waals surface area contributed by atoms with Gasteiger partial charge in [-0.15, -0.1) is 0 Å². The summed E-state index contributed by atoms with van der Waals surface area (Å²) in [6.45, 7) is 2.04. The molecule has 0 atom stereocenters. The van der Waals surface area contributed by atoms with Crippen molar-refractivity contribution >= 4 is 23.0 Å². The van der Waals surface area contributed by atoms with Crippen molar-refractivity contribution in [3.63, 3.8) is 0 Å². The van der Waals surface area contributed by atoms with Crippen LogP contribution in [0.3, 0.4) is 0 Å². The van der Waals surface area contributed by atoms with Crippen molar-refractivity contribution in [2.24, 2.45) is 0 Å². The van der Waals surface area contributed by atoms with E-state index in [4.69, 9.17) is 17.0 Å². The highest BCUT2D eigenvalue weighted by Crippen LogP contribution is 2.30. The van der Waals surface area contributed by atoms with Crippen LogP contribution in [0.4, 0.5) is 0 Å². The first kappa shape index (κ1) is 15.6. The zero-order valence-electron chi connectivity index (χ0n) is 14.0. The average Bonchev–Trinajstić information content (AvgIpc) is 3.02. The fraction of sp³-hybridized carbons (Fsp3) is 0.100. The summed E-state index contributed by atoms with van der Waals surface area (Å²) in [4.78, 5) is 0. The molecule has 1 N–H and O–H groups in total. The fourth-order valence-corrected chi connectivity index (χ4v) is 3.35. The smallest absolute Gasteiger partial charge is 0.200 e. The molecule has 4 nitrogen and oxygen atoms in total. The third kappa shape index (κ3) is 2.62. The number of rotatable bonds is 3. The summed E-state index contributed by atoms with van der Waals surface area (Å²) >= 11 is 5.53. The number of aryl methyl sites for hydroxylation is 1. The lowest BCUT2D eigenvalue weighted by Gasteiger charge is -2.12. The van der Waals surface area contributed by atoms with Gasteiger partial charge in [0.25, 0.3) is 0 Å². The Morgan fingerprint density at radius 1 is 1.04 bits per heavy atom. The lowest BCUT2D eigenvalue weighted by Crippen LogP contribution is -2.00. The van der Waals surface area contributed by atoms with Crippen LogP contribution in [0.5, 0.6) is 5.75 Å². The number of nitrogens with one attached hydrogen (secondary N) is 1. The number of hydrogen-bond acceptors (Lipinski definition) is 3. The lowest BCUT2D eigenvalue weighted by atomic mass is 10.1. The van der Waals surface area contributed by atoms with Crippen molar-refractivity contribution in [1.82, 2.24) is 14.8 Å². The average molecular weight is 347 g/mol. The Balaban J connectivity index is 1.99. The van der Waals surface area contributed by atoms with Crippen LogP contribution < -0.4 is 4.74 Å². The minimum atomic E-state index is 0.571. The van der Waals surface area contributed by atoms with Gasteiger partial charge in [0.05, 0.1) is 12.8 Å². The monoisotopic (exact) mass is 347 g/mol. The summed E-state index contributed by atoms with van der Waals surface area (Å²) in [5.41, 5.74) is 3.11. The van der Waals surface area contributed by atoms with Crippen LogP contribution in [0.25, 0.3) is 27.8 Å². The Bertz CT molecular complexity index is 1120. The van der Waals surface area contributed by atoms with Crippen LogP contribution in [0, 0.1) is 11.7 Å². The highest BCUT2D eigenvalue weighted by atomic mass is 32.1. The topological polar surface area (TPSA) is 42.8 Å². The molecule has 4 rings (SSSR count). The largest absolute Gasteiger partial charge is 0.497 e. The second-order valence-electron chi connectivity index (χ2n) is 5.87. The van der Waals surface area contributed by atoms with E-state index in [1.165, 1.54) is 5.39 Å². The number of aromatic amines is 1. The number of hydrogen-bond donors (Lipinski definition) is 1. The van der Waals surface area contributed by atoms with E-state index in [2.05, 4.69) is 34.5 Å². The van der Waals surface area contributed by atoms with Crippen molar-refractivity contribution in [1.29, 1.82) is 0 Å². The summed E-state index contributed by atoms with van der Waals surface area (Å²) < 4.78 is 7.87. The van der Waals surface area contributed by atoms with Crippen molar-refractivity contribution in [2.75, 3.05) is 7.11 Å². The summed E-state index contributed by atoms with van der Waals surface area (Å²) in [6.07, 6.45) is 0. The SMILES string of the molecule is COc1ccc(-c2n[nH]c(=S)n2-c2cccc3ccccc23)c(C)c1. The molecule has 0 aliphatic rings. The number of ether oxygens (including phenoxy) is 1. The van der Waals surface area contributed by atoms with E-state index < -0.39 is 0 Å². The molecular weight excluding hydrogens is 330 g/mol. The van der Waals surface area contributed by atoms with Crippen molar-refractivity contribution in [3.8, 4) is 22.8 Å². The first-order chi connectivity index (χ1) is 12.2. The number of fused-ring (bicyclic) bond motifs is 1. The molecule has 1 aromatic heterocycles. The van der Waals surface area contributed by atoms with E-state index in [1.54, 1.807) is 7.11 Å². The molecule has 0 amide bonds. The number of H-pyrrole nitrogens is 1. The maximum atomic E-state index is 5.53. The molecule has 5 heteroatoms. The molecule has 0 aliphatic heterocycles. The first-order valence-corrected chi connectivity index (χ1v) is 8.40. The maximum absolute atomic E-state index is 5.53. The summed E-state index contributed by atoms with van der Waals surface area (Å²) in [7, 11) is 1.67. The van der Waals surface area contributed by atoms with Gasteiger partial charge in [0, 0.05) is 10.9 Å².